The van der Waals surface area contributed by atoms with Gasteiger partial charge in [0.25, 0.3) is 0 Å². The van der Waals surface area contributed by atoms with Crippen LogP contribution in [0, 0.1) is 5.92 Å². The summed E-state index contributed by atoms with van der Waals surface area (Å²) in [6.45, 7) is 0. The second kappa shape index (κ2) is 4.60. The van der Waals surface area contributed by atoms with Gasteiger partial charge in [-0.3, -0.25) is 0 Å². The van der Waals surface area contributed by atoms with Gasteiger partial charge >= 0.3 is 0 Å². The first-order chi connectivity index (χ1) is 7.18. The molecule has 2 unspecified atom stereocenters. The third-order valence-corrected chi connectivity index (χ3v) is 4.04. The maximum absolute atomic E-state index is 10.1. The van der Waals surface area contributed by atoms with E-state index in [2.05, 4.69) is 4.98 Å². The van der Waals surface area contributed by atoms with E-state index in [9.17, 15) is 5.11 Å². The Kier molecular flexibility index (Phi) is 3.38. The van der Waals surface area contributed by atoms with E-state index in [1.807, 2.05) is 11.8 Å². The van der Waals surface area contributed by atoms with E-state index in [1.54, 1.807) is 6.07 Å². The van der Waals surface area contributed by atoms with Crippen LogP contribution in [0.15, 0.2) is 12.3 Å². The van der Waals surface area contributed by atoms with Crippen molar-refractivity contribution in [3.8, 4) is 0 Å². The van der Waals surface area contributed by atoms with Crippen LogP contribution in [-0.2, 0) is 0 Å². The van der Waals surface area contributed by atoms with Crippen molar-refractivity contribution in [3.63, 3.8) is 0 Å². The molecule has 0 aliphatic carbocycles. The molecule has 1 aliphatic rings. The van der Waals surface area contributed by atoms with Gasteiger partial charge in [0.2, 0.25) is 0 Å². The molecule has 0 amide bonds. The summed E-state index contributed by atoms with van der Waals surface area (Å²) < 4.78 is 0. The quantitative estimate of drug-likeness (QED) is 0.837. The summed E-state index contributed by atoms with van der Waals surface area (Å²) in [5.41, 5.74) is 6.38. The lowest BCUT2D eigenvalue weighted by Gasteiger charge is -2.18. The van der Waals surface area contributed by atoms with E-state index >= 15 is 0 Å². The number of aliphatic hydroxyl groups excluding tert-OH is 1. The molecular weight excluding hydrogens is 232 g/mol. The Labute approximate surface area is 98.0 Å². The lowest BCUT2D eigenvalue weighted by molar-refractivity contribution is 0.122. The minimum Gasteiger partial charge on any atom is -0.388 e. The molecule has 0 spiro atoms. The number of nitrogens with two attached hydrogens (primary N) is 1. The van der Waals surface area contributed by atoms with Crippen LogP contribution in [0.2, 0.25) is 5.02 Å². The second-order valence-corrected chi connectivity index (χ2v) is 5.28. The van der Waals surface area contributed by atoms with Crippen LogP contribution in [-0.4, -0.2) is 21.6 Å². The molecule has 1 saturated heterocycles. The third-order valence-electron chi connectivity index (χ3n) is 2.65. The van der Waals surface area contributed by atoms with Gasteiger partial charge < -0.3 is 10.8 Å². The van der Waals surface area contributed by atoms with Crippen molar-refractivity contribution in [2.45, 2.75) is 12.5 Å². The molecule has 1 fully saturated rings. The average Bonchev–Trinajstić information content (AvgIpc) is 2.74. The highest BCUT2D eigenvalue weighted by atomic mass is 35.5. The topological polar surface area (TPSA) is 59.1 Å². The zero-order valence-corrected chi connectivity index (χ0v) is 9.76. The van der Waals surface area contributed by atoms with E-state index < -0.39 is 6.10 Å². The number of thioether (sulfide) groups is 1. The summed E-state index contributed by atoms with van der Waals surface area (Å²) in [5.74, 6) is 2.74. The maximum atomic E-state index is 10.1. The summed E-state index contributed by atoms with van der Waals surface area (Å²) in [7, 11) is 0. The van der Waals surface area contributed by atoms with Crippen LogP contribution in [0.1, 0.15) is 18.1 Å². The first-order valence-electron chi connectivity index (χ1n) is 4.85. The second-order valence-electron chi connectivity index (χ2n) is 3.70. The van der Waals surface area contributed by atoms with Gasteiger partial charge in [0.15, 0.2) is 0 Å². The fourth-order valence-electron chi connectivity index (χ4n) is 1.76. The number of aromatic nitrogens is 1. The Balaban J connectivity index is 2.23. The van der Waals surface area contributed by atoms with Crippen LogP contribution in [0.3, 0.4) is 0 Å². The highest BCUT2D eigenvalue weighted by Crippen LogP contribution is 2.36. The fourth-order valence-corrected chi connectivity index (χ4v) is 3.21. The Bertz CT molecular complexity index is 355. The molecule has 82 valence electrons. The van der Waals surface area contributed by atoms with E-state index in [4.69, 9.17) is 17.3 Å². The standard InChI is InChI=1S/C10H13ClN2OS/c11-7-3-8(10(12)13-4-7)9(14)6-1-2-15-5-6/h3-4,6,9,14H,1-2,5H2,(H2,12,13). The zero-order valence-electron chi connectivity index (χ0n) is 8.19. The Morgan fingerprint density at radius 2 is 2.47 bits per heavy atom. The number of aliphatic hydroxyl groups is 1. The third kappa shape index (κ3) is 2.38. The molecular formula is C10H13ClN2OS. The fraction of sp³-hybridized carbons (Fsp3) is 0.500. The minimum atomic E-state index is -0.536. The molecule has 0 bridgehead atoms. The highest BCUT2D eigenvalue weighted by Gasteiger charge is 2.26. The van der Waals surface area contributed by atoms with Gasteiger partial charge in [-0.05, 0) is 29.9 Å². The summed E-state index contributed by atoms with van der Waals surface area (Å²) in [5, 5.41) is 10.7. The molecule has 0 saturated carbocycles. The molecule has 15 heavy (non-hydrogen) atoms. The monoisotopic (exact) mass is 244 g/mol. The van der Waals surface area contributed by atoms with Gasteiger partial charge in [0.1, 0.15) is 5.82 Å². The van der Waals surface area contributed by atoms with Crippen LogP contribution in [0.4, 0.5) is 5.82 Å². The number of rotatable bonds is 2. The number of nitrogens with zero attached hydrogens (tertiary/aromatic N) is 1. The molecule has 5 heteroatoms. The predicted octanol–water partition coefficient (Wildman–Crippen LogP) is 2.10. The van der Waals surface area contributed by atoms with Gasteiger partial charge in [-0.25, -0.2) is 4.98 Å². The van der Waals surface area contributed by atoms with E-state index in [-0.39, 0.29) is 5.92 Å². The van der Waals surface area contributed by atoms with E-state index in [1.165, 1.54) is 6.20 Å². The van der Waals surface area contributed by atoms with Crippen LogP contribution in [0.25, 0.3) is 0 Å². The van der Waals surface area contributed by atoms with Crippen molar-refractivity contribution in [2.24, 2.45) is 5.92 Å². The van der Waals surface area contributed by atoms with Crippen molar-refractivity contribution in [1.82, 2.24) is 4.98 Å². The summed E-state index contributed by atoms with van der Waals surface area (Å²) in [6.07, 6.45) is 1.99. The smallest absolute Gasteiger partial charge is 0.129 e. The zero-order chi connectivity index (χ0) is 10.8. The molecule has 1 aliphatic heterocycles. The minimum absolute atomic E-state index is 0.276. The van der Waals surface area contributed by atoms with Gasteiger partial charge in [0, 0.05) is 11.8 Å². The highest BCUT2D eigenvalue weighted by molar-refractivity contribution is 7.99. The van der Waals surface area contributed by atoms with Crippen LogP contribution in [0.5, 0.6) is 0 Å². The maximum Gasteiger partial charge on any atom is 0.129 e. The van der Waals surface area contributed by atoms with Crippen LogP contribution < -0.4 is 5.73 Å². The number of hydrogen-bond acceptors (Lipinski definition) is 4. The van der Waals surface area contributed by atoms with Crippen molar-refractivity contribution >= 4 is 29.2 Å². The molecule has 1 aromatic rings. The summed E-state index contributed by atoms with van der Waals surface area (Å²) in [4.78, 5) is 3.95. The number of hydrogen-bond donors (Lipinski definition) is 2. The first-order valence-corrected chi connectivity index (χ1v) is 6.38. The van der Waals surface area contributed by atoms with Gasteiger partial charge in [0.05, 0.1) is 11.1 Å². The number of halogens is 1. The van der Waals surface area contributed by atoms with Crippen molar-refractivity contribution in [3.05, 3.63) is 22.8 Å². The van der Waals surface area contributed by atoms with Crippen molar-refractivity contribution < 1.29 is 5.11 Å². The summed E-state index contributed by atoms with van der Waals surface area (Å²) in [6, 6.07) is 1.71. The molecule has 2 atom stereocenters. The summed E-state index contributed by atoms with van der Waals surface area (Å²) >= 11 is 7.69. The van der Waals surface area contributed by atoms with Crippen molar-refractivity contribution in [2.75, 3.05) is 17.2 Å². The molecule has 0 aromatic carbocycles. The van der Waals surface area contributed by atoms with Gasteiger partial charge in [-0.1, -0.05) is 11.6 Å². The van der Waals surface area contributed by atoms with E-state index in [0.29, 0.717) is 16.4 Å². The molecule has 2 rings (SSSR count). The van der Waals surface area contributed by atoms with Crippen LogP contribution >= 0.6 is 23.4 Å². The SMILES string of the molecule is Nc1ncc(Cl)cc1C(O)C1CCSC1. The lowest BCUT2D eigenvalue weighted by atomic mass is 9.96. The Hall–Kier alpha value is -0.450. The first kappa shape index (κ1) is 11.0. The Morgan fingerprint density at radius 1 is 1.67 bits per heavy atom. The number of anilines is 1. The number of nitrogen functional groups attached to an aromatic ring is 1. The van der Waals surface area contributed by atoms with Gasteiger partial charge in [-0.15, -0.1) is 0 Å². The molecule has 3 N–H and O–H groups in total. The molecule has 0 radical (unpaired) electrons. The molecule has 3 nitrogen and oxygen atoms in total. The molecule has 2 heterocycles. The normalized spacial score (nSPS) is 22.9. The van der Waals surface area contributed by atoms with Crippen molar-refractivity contribution in [1.29, 1.82) is 0 Å². The van der Waals surface area contributed by atoms with E-state index in [0.717, 1.165) is 17.9 Å². The predicted molar refractivity (Wildman–Crippen MR) is 64.1 cm³/mol. The van der Waals surface area contributed by atoms with Gasteiger partial charge in [-0.2, -0.15) is 11.8 Å². The Morgan fingerprint density at radius 3 is 3.13 bits per heavy atom. The largest absolute Gasteiger partial charge is 0.388 e. The lowest BCUT2D eigenvalue weighted by Crippen LogP contribution is -2.14. The number of pyridine rings is 1. The average molecular weight is 245 g/mol. The molecule has 1 aromatic heterocycles.